The highest BCUT2D eigenvalue weighted by Crippen LogP contribution is 2.24. The normalized spacial score (nSPS) is 14.1. The maximum Gasteiger partial charge on any atom is 0.490 e. The second-order valence-electron chi connectivity index (χ2n) is 7.85. The van der Waals surface area contributed by atoms with Crippen LogP contribution < -0.4 is 5.32 Å². The molecule has 0 aliphatic carbocycles. The molecule has 3 aromatic rings. The van der Waals surface area contributed by atoms with Gasteiger partial charge in [-0.15, -0.1) is 0 Å². The number of ether oxygens (including phenoxy) is 1. The van der Waals surface area contributed by atoms with Gasteiger partial charge in [-0.2, -0.15) is 13.2 Å². The summed E-state index contributed by atoms with van der Waals surface area (Å²) in [5, 5.41) is 10.2. The van der Waals surface area contributed by atoms with Crippen molar-refractivity contribution in [2.75, 3.05) is 13.2 Å². The second-order valence-corrected chi connectivity index (χ2v) is 7.85. The van der Waals surface area contributed by atoms with Gasteiger partial charge in [-0.3, -0.25) is 14.8 Å². The highest BCUT2D eigenvalue weighted by molar-refractivity contribution is 5.95. The highest BCUT2D eigenvalue weighted by Gasteiger charge is 2.38. The first-order valence-electron chi connectivity index (χ1n) is 10.7. The predicted octanol–water partition coefficient (Wildman–Crippen LogP) is 3.69. The van der Waals surface area contributed by atoms with E-state index in [1.54, 1.807) is 18.6 Å². The minimum atomic E-state index is -5.08. The van der Waals surface area contributed by atoms with Gasteiger partial charge in [0.2, 0.25) is 0 Å². The van der Waals surface area contributed by atoms with Crippen LogP contribution in [-0.2, 0) is 9.53 Å². The molecule has 4 heterocycles. The van der Waals surface area contributed by atoms with Crippen molar-refractivity contribution in [3.05, 3.63) is 53.7 Å². The number of hydrogen-bond donors (Lipinski definition) is 3. The molecule has 1 saturated heterocycles. The number of aliphatic carboxylic acids is 1. The number of carbonyl (C=O) groups excluding carboxylic acids is 1. The van der Waals surface area contributed by atoms with Crippen LogP contribution >= 0.6 is 0 Å². The third kappa shape index (κ3) is 7.09. The molecule has 1 fully saturated rings. The zero-order valence-corrected chi connectivity index (χ0v) is 19.0. The van der Waals surface area contributed by atoms with E-state index in [1.165, 1.54) is 0 Å². The molecule has 186 valence electrons. The number of hydrogen-bond acceptors (Lipinski definition) is 6. The average molecular weight is 491 g/mol. The molecule has 9 nitrogen and oxygen atoms in total. The summed E-state index contributed by atoms with van der Waals surface area (Å²) in [6.45, 7) is 5.33. The van der Waals surface area contributed by atoms with Crippen LogP contribution in [0.3, 0.4) is 0 Å². The van der Waals surface area contributed by atoms with Gasteiger partial charge in [0.25, 0.3) is 5.91 Å². The Balaban J connectivity index is 0.000000429. The van der Waals surface area contributed by atoms with Gasteiger partial charge >= 0.3 is 12.1 Å². The lowest BCUT2D eigenvalue weighted by Gasteiger charge is -2.23. The van der Waals surface area contributed by atoms with E-state index in [4.69, 9.17) is 14.6 Å². The van der Waals surface area contributed by atoms with Gasteiger partial charge in [0.15, 0.2) is 5.82 Å². The zero-order chi connectivity index (χ0) is 25.6. The Morgan fingerprint density at radius 2 is 1.83 bits per heavy atom. The van der Waals surface area contributed by atoms with Crippen molar-refractivity contribution in [2.24, 2.45) is 0 Å². The number of nitrogens with zero attached hydrogens (tertiary/aromatic N) is 3. The van der Waals surface area contributed by atoms with E-state index in [9.17, 15) is 18.0 Å². The summed E-state index contributed by atoms with van der Waals surface area (Å²) in [4.78, 5) is 38.0. The van der Waals surface area contributed by atoms with Crippen LogP contribution in [0.5, 0.6) is 0 Å². The van der Waals surface area contributed by atoms with E-state index < -0.39 is 12.1 Å². The molecule has 35 heavy (non-hydrogen) atoms. The van der Waals surface area contributed by atoms with Crippen molar-refractivity contribution < 1.29 is 32.6 Å². The number of rotatable bonds is 4. The van der Waals surface area contributed by atoms with Gasteiger partial charge in [-0.25, -0.2) is 9.78 Å². The number of amides is 1. The molecule has 0 atom stereocenters. The molecular weight excluding hydrogens is 467 g/mol. The number of H-pyrrole nitrogens is 1. The average Bonchev–Trinajstić information content (AvgIpc) is 3.18. The van der Waals surface area contributed by atoms with Crippen molar-refractivity contribution in [1.29, 1.82) is 0 Å². The first kappa shape index (κ1) is 25.8. The smallest absolute Gasteiger partial charge is 0.475 e. The maximum absolute atomic E-state index is 12.6. The first-order valence-corrected chi connectivity index (χ1v) is 10.7. The lowest BCUT2D eigenvalue weighted by Crippen LogP contribution is -2.38. The summed E-state index contributed by atoms with van der Waals surface area (Å²) in [6.07, 6.45) is 1.69. The molecule has 0 spiro atoms. The molecule has 0 radical (unpaired) electrons. The van der Waals surface area contributed by atoms with Crippen molar-refractivity contribution in [1.82, 2.24) is 25.3 Å². The molecule has 0 aromatic carbocycles. The molecule has 12 heteroatoms. The Morgan fingerprint density at radius 1 is 1.14 bits per heavy atom. The molecule has 0 bridgehead atoms. The van der Waals surface area contributed by atoms with Crippen LogP contribution in [0.15, 0.2) is 36.8 Å². The summed E-state index contributed by atoms with van der Waals surface area (Å²) >= 11 is 0. The summed E-state index contributed by atoms with van der Waals surface area (Å²) in [6, 6.07) is 5.88. The van der Waals surface area contributed by atoms with E-state index in [1.807, 2.05) is 32.0 Å². The van der Waals surface area contributed by atoms with Crippen LogP contribution in [0.4, 0.5) is 13.2 Å². The fraction of sp³-hybridized carbons (Fsp3) is 0.348. The first-order chi connectivity index (χ1) is 16.5. The number of nitrogens with one attached hydrogen (secondary N) is 2. The summed E-state index contributed by atoms with van der Waals surface area (Å²) in [5.74, 6) is -2.13. The van der Waals surface area contributed by atoms with Gasteiger partial charge < -0.3 is 20.1 Å². The Hall–Kier alpha value is -3.80. The number of aromatic nitrogens is 4. The van der Waals surface area contributed by atoms with E-state index >= 15 is 0 Å². The van der Waals surface area contributed by atoms with Crippen LogP contribution in [0, 0.1) is 13.8 Å². The molecular formula is C23H24F3N5O4. The van der Waals surface area contributed by atoms with Crippen LogP contribution in [-0.4, -0.2) is 62.4 Å². The van der Waals surface area contributed by atoms with E-state index in [0.717, 1.165) is 46.9 Å². The standard InChI is InChI=1S/C21H23N5O2.C2HF3O2/c1-13-14(2)25-20(24-13)19-10-15(3-6-23-19)16-9-17(12-22-11-16)21(27)26-18-4-7-28-8-5-18;3-2(4,5)1(6)7/h3,6,9-12,18H,4-5,7-8H2,1-2H3,(H,24,25)(H,26,27);(H,6,7). The van der Waals surface area contributed by atoms with Gasteiger partial charge in [0, 0.05) is 49.1 Å². The van der Waals surface area contributed by atoms with E-state index in [2.05, 4.69) is 25.3 Å². The molecule has 0 saturated carbocycles. The number of aryl methyl sites for hydroxylation is 2. The zero-order valence-electron chi connectivity index (χ0n) is 19.0. The number of halogens is 3. The quantitative estimate of drug-likeness (QED) is 0.507. The number of alkyl halides is 3. The largest absolute Gasteiger partial charge is 0.490 e. The number of carboxylic acids is 1. The van der Waals surface area contributed by atoms with Gasteiger partial charge in [0.05, 0.1) is 11.3 Å². The molecule has 1 aliphatic rings. The lowest BCUT2D eigenvalue weighted by molar-refractivity contribution is -0.192. The third-order valence-electron chi connectivity index (χ3n) is 5.26. The molecule has 3 N–H and O–H groups in total. The minimum Gasteiger partial charge on any atom is -0.475 e. The Bertz CT molecular complexity index is 1170. The summed E-state index contributed by atoms with van der Waals surface area (Å²) < 4.78 is 37.1. The Labute approximate surface area is 198 Å². The molecule has 1 amide bonds. The number of pyridine rings is 2. The van der Waals surface area contributed by atoms with Crippen molar-refractivity contribution in [2.45, 2.75) is 38.9 Å². The summed E-state index contributed by atoms with van der Waals surface area (Å²) in [7, 11) is 0. The van der Waals surface area contributed by atoms with Gasteiger partial charge in [0.1, 0.15) is 5.69 Å². The predicted molar refractivity (Wildman–Crippen MR) is 120 cm³/mol. The topological polar surface area (TPSA) is 130 Å². The Kier molecular flexibility index (Phi) is 8.18. The van der Waals surface area contributed by atoms with Gasteiger partial charge in [-0.05, 0) is 50.5 Å². The van der Waals surface area contributed by atoms with Crippen molar-refractivity contribution >= 4 is 11.9 Å². The van der Waals surface area contributed by atoms with E-state index in [-0.39, 0.29) is 11.9 Å². The minimum absolute atomic E-state index is 0.104. The van der Waals surface area contributed by atoms with E-state index in [0.29, 0.717) is 18.8 Å². The van der Waals surface area contributed by atoms with Crippen molar-refractivity contribution in [3.8, 4) is 22.6 Å². The molecule has 0 unspecified atom stereocenters. The number of aromatic amines is 1. The molecule has 1 aliphatic heterocycles. The fourth-order valence-electron chi connectivity index (χ4n) is 3.24. The molecule has 3 aromatic heterocycles. The third-order valence-corrected chi connectivity index (χ3v) is 5.26. The maximum atomic E-state index is 12.6. The number of carbonyl (C=O) groups is 2. The SMILES string of the molecule is Cc1nc(-c2cc(-c3cncc(C(=O)NC4CCOCC4)c3)ccn2)[nH]c1C.O=C(O)C(F)(F)F. The van der Waals surface area contributed by atoms with Gasteiger partial charge in [-0.1, -0.05) is 0 Å². The van der Waals surface area contributed by atoms with Crippen LogP contribution in [0.2, 0.25) is 0 Å². The van der Waals surface area contributed by atoms with Crippen molar-refractivity contribution in [3.63, 3.8) is 0 Å². The van der Waals surface area contributed by atoms with Crippen LogP contribution in [0.1, 0.15) is 34.6 Å². The highest BCUT2D eigenvalue weighted by atomic mass is 19.4. The monoisotopic (exact) mass is 491 g/mol. The number of imidazole rings is 1. The number of carboxylic acid groups (broad SMARTS) is 1. The molecule has 4 rings (SSSR count). The fourth-order valence-corrected chi connectivity index (χ4v) is 3.24. The Morgan fingerprint density at radius 3 is 2.43 bits per heavy atom. The lowest BCUT2D eigenvalue weighted by atomic mass is 10.0. The van der Waals surface area contributed by atoms with Crippen LogP contribution in [0.25, 0.3) is 22.6 Å². The summed E-state index contributed by atoms with van der Waals surface area (Å²) in [5.41, 5.74) is 5.08. The second kappa shape index (κ2) is 11.1.